The summed E-state index contributed by atoms with van der Waals surface area (Å²) in [6.45, 7) is 2.79. The Bertz CT molecular complexity index is 29.0. The maximum absolute atomic E-state index is 4.81. The normalized spacial score (nSPS) is 8.25. The smallest absolute Gasteiger partial charge is 0.180 e. The van der Waals surface area contributed by atoms with E-state index in [0.717, 1.165) is 6.54 Å². The Morgan fingerprint density at radius 1 is 1.50 bits per heavy atom. The third-order valence-electron chi connectivity index (χ3n) is 0.204. The lowest BCUT2D eigenvalue weighted by molar-refractivity contribution is 0.781. The van der Waals surface area contributed by atoms with Crippen molar-refractivity contribution >= 4 is 34.8 Å². The molecule has 5 heteroatoms. The lowest BCUT2D eigenvalue weighted by Gasteiger charge is -1.77. The average Bonchev–Trinajstić information content (AvgIpc) is 1.65. The van der Waals surface area contributed by atoms with Gasteiger partial charge in [-0.1, -0.05) is 41.7 Å². The second-order valence-corrected chi connectivity index (χ2v) is 2.78. The minimum Gasteiger partial charge on any atom is -0.271 e. The third-order valence-corrected chi connectivity index (χ3v) is 0.204. The summed E-state index contributed by atoms with van der Waals surface area (Å²) in [4.78, 5) is 0. The lowest BCUT2D eigenvalue weighted by atomic mass is 10.8. The molecule has 0 aromatic carbocycles. The van der Waals surface area contributed by atoms with Crippen LogP contribution in [0, 0.1) is 0 Å². The van der Waals surface area contributed by atoms with Crippen LogP contribution >= 0.6 is 34.8 Å². The van der Waals surface area contributed by atoms with Crippen LogP contribution in [0.1, 0.15) is 6.92 Å². The topological polar surface area (TPSA) is 38.0 Å². The van der Waals surface area contributed by atoms with Crippen LogP contribution in [0.15, 0.2) is 0 Å². The first-order chi connectivity index (χ1) is 3.65. The molecule has 0 aliphatic heterocycles. The van der Waals surface area contributed by atoms with E-state index in [2.05, 4.69) is 5.43 Å². The second-order valence-electron chi connectivity index (χ2n) is 0.805. The third kappa shape index (κ3) is 71.0. The van der Waals surface area contributed by atoms with Crippen LogP contribution in [0.5, 0.6) is 0 Å². The fourth-order valence-electron chi connectivity index (χ4n) is 0. The predicted octanol–water partition coefficient (Wildman–Crippen LogP) is 1.46. The number of nitrogens with two attached hydrogens (primary N) is 1. The minimum atomic E-state index is -0.750. The molecule has 0 bridgehead atoms. The zero-order chi connectivity index (χ0) is 6.99. The quantitative estimate of drug-likeness (QED) is 0.363. The van der Waals surface area contributed by atoms with Crippen LogP contribution in [-0.4, -0.2) is 10.8 Å². The summed E-state index contributed by atoms with van der Waals surface area (Å²) < 4.78 is -0.750. The van der Waals surface area contributed by atoms with E-state index < -0.39 is 4.30 Å². The molecule has 0 aromatic rings. The molecular formula is C3H9Cl3N2. The molecule has 0 saturated carbocycles. The van der Waals surface area contributed by atoms with Gasteiger partial charge in [-0.3, -0.25) is 11.3 Å². The van der Waals surface area contributed by atoms with Gasteiger partial charge in [0.2, 0.25) is 0 Å². The average molecular weight is 179 g/mol. The van der Waals surface area contributed by atoms with Gasteiger partial charge in [-0.05, 0) is 0 Å². The maximum atomic E-state index is 4.81. The molecular weight excluding hydrogens is 170 g/mol. The van der Waals surface area contributed by atoms with Gasteiger partial charge in [0.25, 0.3) is 0 Å². The number of halogens is 3. The number of alkyl halides is 3. The monoisotopic (exact) mass is 178 g/mol. The van der Waals surface area contributed by atoms with Crippen molar-refractivity contribution in [3.05, 3.63) is 0 Å². The zero-order valence-electron chi connectivity index (χ0n) is 4.50. The van der Waals surface area contributed by atoms with Crippen molar-refractivity contribution in [1.82, 2.24) is 5.43 Å². The van der Waals surface area contributed by atoms with Gasteiger partial charge < -0.3 is 0 Å². The Morgan fingerprint density at radius 2 is 1.62 bits per heavy atom. The molecule has 3 N–H and O–H groups in total. The molecule has 0 fully saturated rings. The van der Waals surface area contributed by atoms with Crippen molar-refractivity contribution in [3.8, 4) is 0 Å². The zero-order valence-corrected chi connectivity index (χ0v) is 6.76. The highest BCUT2D eigenvalue weighted by Gasteiger charge is 1.78. The molecule has 0 amide bonds. The van der Waals surface area contributed by atoms with Gasteiger partial charge in [0.05, 0.1) is 0 Å². The highest BCUT2D eigenvalue weighted by molar-refractivity contribution is 6.63. The van der Waals surface area contributed by atoms with Crippen LogP contribution in [0.25, 0.3) is 0 Å². The van der Waals surface area contributed by atoms with Crippen LogP contribution < -0.4 is 11.3 Å². The van der Waals surface area contributed by atoms with Crippen molar-refractivity contribution in [3.63, 3.8) is 0 Å². The van der Waals surface area contributed by atoms with Crippen LogP contribution in [-0.2, 0) is 0 Å². The molecule has 52 valence electrons. The first kappa shape index (κ1) is 11.6. The molecule has 8 heavy (non-hydrogen) atoms. The molecule has 0 atom stereocenters. The van der Waals surface area contributed by atoms with Gasteiger partial charge in [-0.2, -0.15) is 0 Å². The summed E-state index contributed by atoms with van der Waals surface area (Å²) in [5.41, 5.74) is 2.43. The summed E-state index contributed by atoms with van der Waals surface area (Å²) >= 11 is 14.4. The highest BCUT2D eigenvalue weighted by Crippen LogP contribution is 2.03. The Hall–Kier alpha value is 0.790. The van der Waals surface area contributed by atoms with Gasteiger partial charge in [0, 0.05) is 6.54 Å². The van der Waals surface area contributed by atoms with Crippen molar-refractivity contribution in [2.75, 3.05) is 6.54 Å². The van der Waals surface area contributed by atoms with Gasteiger partial charge in [-0.15, -0.1) is 0 Å². The van der Waals surface area contributed by atoms with Crippen LogP contribution in [0.2, 0.25) is 0 Å². The van der Waals surface area contributed by atoms with Crippen molar-refractivity contribution in [1.29, 1.82) is 0 Å². The minimum absolute atomic E-state index is 0.750. The maximum Gasteiger partial charge on any atom is 0.180 e. The highest BCUT2D eigenvalue weighted by atomic mass is 35.6. The van der Waals surface area contributed by atoms with E-state index in [0.29, 0.717) is 0 Å². The van der Waals surface area contributed by atoms with Crippen molar-refractivity contribution in [2.24, 2.45) is 5.84 Å². The summed E-state index contributed by atoms with van der Waals surface area (Å²) in [5, 5.41) is 0. The number of rotatable bonds is 1. The number of hydrogen-bond donors (Lipinski definition) is 2. The second kappa shape index (κ2) is 10.7. The molecule has 0 aliphatic carbocycles. The number of nitrogens with one attached hydrogen (secondary N) is 1. The largest absolute Gasteiger partial charge is 0.271 e. The van der Waals surface area contributed by atoms with E-state index in [1.54, 1.807) is 0 Å². The molecule has 0 aromatic heterocycles. The van der Waals surface area contributed by atoms with E-state index >= 15 is 0 Å². The molecule has 0 rings (SSSR count). The van der Waals surface area contributed by atoms with E-state index in [9.17, 15) is 0 Å². The SMILES string of the molecule is CCNN.ClC(Cl)Cl. The Labute approximate surface area is 64.2 Å². The van der Waals surface area contributed by atoms with Crippen LogP contribution in [0.4, 0.5) is 0 Å². The summed E-state index contributed by atoms with van der Waals surface area (Å²) in [7, 11) is 0. The molecule has 0 spiro atoms. The van der Waals surface area contributed by atoms with Gasteiger partial charge in [-0.25, -0.2) is 0 Å². The van der Waals surface area contributed by atoms with E-state index in [-0.39, 0.29) is 0 Å². The molecule has 0 unspecified atom stereocenters. The van der Waals surface area contributed by atoms with E-state index in [1.165, 1.54) is 0 Å². The fourth-order valence-corrected chi connectivity index (χ4v) is 0. The van der Waals surface area contributed by atoms with Crippen molar-refractivity contribution < 1.29 is 0 Å². The number of hydrazine groups is 1. The summed E-state index contributed by atoms with van der Waals surface area (Å²) in [6, 6.07) is 0. The number of hydrogen-bond acceptors (Lipinski definition) is 2. The van der Waals surface area contributed by atoms with Crippen LogP contribution in [0.3, 0.4) is 0 Å². The molecule has 0 radical (unpaired) electrons. The van der Waals surface area contributed by atoms with Crippen molar-refractivity contribution in [2.45, 2.75) is 11.2 Å². The fraction of sp³-hybridized carbons (Fsp3) is 1.00. The first-order valence-electron chi connectivity index (χ1n) is 2.00. The molecule has 0 heterocycles. The molecule has 0 aliphatic rings. The predicted molar refractivity (Wildman–Crippen MR) is 39.2 cm³/mol. The lowest BCUT2D eigenvalue weighted by Crippen LogP contribution is -2.20. The Balaban J connectivity index is 0. The Kier molecular flexibility index (Phi) is 15.5. The van der Waals surface area contributed by atoms with Gasteiger partial charge in [0.15, 0.2) is 4.30 Å². The van der Waals surface area contributed by atoms with Gasteiger partial charge in [0.1, 0.15) is 0 Å². The summed E-state index contributed by atoms with van der Waals surface area (Å²) in [6.07, 6.45) is 0. The summed E-state index contributed by atoms with van der Waals surface area (Å²) in [5.74, 6) is 4.78. The Morgan fingerprint density at radius 3 is 1.62 bits per heavy atom. The first-order valence-corrected chi connectivity index (χ1v) is 3.31. The molecule has 2 nitrogen and oxygen atoms in total. The standard InChI is InChI=1S/C2H8N2.CHCl3/c1-2-4-3;2-1(3)4/h4H,2-3H2,1H3;1H. The van der Waals surface area contributed by atoms with Gasteiger partial charge >= 0.3 is 0 Å². The molecule has 0 saturated heterocycles. The van der Waals surface area contributed by atoms with E-state index in [4.69, 9.17) is 40.6 Å². The van der Waals surface area contributed by atoms with E-state index in [1.807, 2.05) is 6.92 Å².